The molecule has 0 radical (unpaired) electrons. The molecule has 134 valence electrons. The van der Waals surface area contributed by atoms with Crippen LogP contribution < -0.4 is 0 Å². The number of fused-ring (bicyclic) bond motifs is 1. The molecule has 0 saturated carbocycles. The van der Waals surface area contributed by atoms with E-state index in [0.717, 1.165) is 17.8 Å². The number of aryl methyl sites for hydroxylation is 1. The van der Waals surface area contributed by atoms with Crippen molar-refractivity contribution in [2.24, 2.45) is 5.92 Å². The second kappa shape index (κ2) is 7.17. The summed E-state index contributed by atoms with van der Waals surface area (Å²) in [5, 5.41) is 4.57. The molecular weight excluding hydrogens is 332 g/mol. The Hall–Kier alpha value is -2.87. The zero-order valence-electron chi connectivity index (χ0n) is 14.6. The lowest BCUT2D eigenvalue weighted by atomic mass is 10.0. The Labute approximate surface area is 150 Å². The maximum atomic E-state index is 12.8. The van der Waals surface area contributed by atoms with Crippen molar-refractivity contribution in [2.75, 3.05) is 26.3 Å². The van der Waals surface area contributed by atoms with Crippen molar-refractivity contribution in [3.63, 3.8) is 0 Å². The summed E-state index contributed by atoms with van der Waals surface area (Å²) in [6.45, 7) is 4.13. The summed E-state index contributed by atoms with van der Waals surface area (Å²) in [5.74, 6) is 0.777. The number of imidazole rings is 1. The molecular formula is C18H20N6O2. The topological polar surface area (TPSA) is 85.5 Å². The zero-order valence-corrected chi connectivity index (χ0v) is 14.6. The number of carbonyl (C=O) groups is 1. The third-order valence-electron chi connectivity index (χ3n) is 4.46. The number of hydrogen-bond donors (Lipinski definition) is 0. The molecule has 4 rings (SSSR count). The number of carbonyl (C=O) groups excluding carboxylic acids is 1. The second-order valence-electron chi connectivity index (χ2n) is 6.47. The molecule has 1 unspecified atom stereocenters. The molecule has 1 amide bonds. The normalized spacial score (nSPS) is 18.0. The highest BCUT2D eigenvalue weighted by Crippen LogP contribution is 2.15. The van der Waals surface area contributed by atoms with Crippen LogP contribution in [0.4, 0.5) is 0 Å². The molecule has 4 heterocycles. The van der Waals surface area contributed by atoms with Crippen LogP contribution in [-0.4, -0.2) is 61.7 Å². The van der Waals surface area contributed by atoms with Gasteiger partial charge in [0.05, 0.1) is 24.5 Å². The van der Waals surface area contributed by atoms with Gasteiger partial charge in [-0.25, -0.2) is 19.5 Å². The van der Waals surface area contributed by atoms with Crippen molar-refractivity contribution in [2.45, 2.75) is 13.3 Å². The molecule has 3 aromatic rings. The number of nitrogens with zero attached hydrogens (tertiary/aromatic N) is 6. The molecule has 1 atom stereocenters. The van der Waals surface area contributed by atoms with Gasteiger partial charge in [-0.3, -0.25) is 4.79 Å². The number of hydrogen-bond acceptors (Lipinski definition) is 6. The summed E-state index contributed by atoms with van der Waals surface area (Å²) < 4.78 is 7.48. The highest BCUT2D eigenvalue weighted by atomic mass is 16.5. The predicted octanol–water partition coefficient (Wildman–Crippen LogP) is 1.16. The van der Waals surface area contributed by atoms with Crippen LogP contribution in [0.1, 0.15) is 21.9 Å². The first-order valence-electron chi connectivity index (χ1n) is 8.64. The van der Waals surface area contributed by atoms with Gasteiger partial charge in [-0.15, -0.1) is 0 Å². The first kappa shape index (κ1) is 16.6. The molecule has 3 aromatic heterocycles. The van der Waals surface area contributed by atoms with Crippen molar-refractivity contribution in [3.05, 3.63) is 54.0 Å². The van der Waals surface area contributed by atoms with E-state index in [1.807, 2.05) is 23.2 Å². The SMILES string of the molecule is Cc1ncc(C(=O)N2CCOCC(Cc3ccc4nccn4n3)C2)cn1. The lowest BCUT2D eigenvalue weighted by Gasteiger charge is -2.23. The molecule has 0 N–H and O–H groups in total. The van der Waals surface area contributed by atoms with E-state index in [0.29, 0.717) is 37.7 Å². The first-order chi connectivity index (χ1) is 12.7. The Bertz CT molecular complexity index is 907. The largest absolute Gasteiger partial charge is 0.379 e. The molecule has 0 aliphatic carbocycles. The van der Waals surface area contributed by atoms with Crippen molar-refractivity contribution in [3.8, 4) is 0 Å². The average Bonchev–Trinajstić information content (AvgIpc) is 2.99. The number of aromatic nitrogens is 5. The minimum Gasteiger partial charge on any atom is -0.379 e. The van der Waals surface area contributed by atoms with Gasteiger partial charge >= 0.3 is 0 Å². The van der Waals surface area contributed by atoms with Crippen molar-refractivity contribution >= 4 is 11.6 Å². The summed E-state index contributed by atoms with van der Waals surface area (Å²) in [5.41, 5.74) is 2.29. The molecule has 1 aliphatic rings. The van der Waals surface area contributed by atoms with E-state index in [1.165, 1.54) is 0 Å². The van der Waals surface area contributed by atoms with Gasteiger partial charge < -0.3 is 9.64 Å². The van der Waals surface area contributed by atoms with Gasteiger partial charge in [-0.05, 0) is 25.5 Å². The number of ether oxygens (including phenoxy) is 1. The molecule has 26 heavy (non-hydrogen) atoms. The highest BCUT2D eigenvalue weighted by molar-refractivity contribution is 5.93. The van der Waals surface area contributed by atoms with E-state index in [2.05, 4.69) is 20.1 Å². The van der Waals surface area contributed by atoms with E-state index < -0.39 is 0 Å². The quantitative estimate of drug-likeness (QED) is 0.703. The minimum atomic E-state index is -0.0569. The van der Waals surface area contributed by atoms with Gasteiger partial charge in [0.1, 0.15) is 5.82 Å². The summed E-state index contributed by atoms with van der Waals surface area (Å²) in [6, 6.07) is 3.93. The molecule has 8 heteroatoms. The Morgan fingerprint density at radius 2 is 2.12 bits per heavy atom. The van der Waals surface area contributed by atoms with Crippen LogP contribution in [0.2, 0.25) is 0 Å². The van der Waals surface area contributed by atoms with Gasteiger partial charge in [-0.1, -0.05) is 0 Å². The monoisotopic (exact) mass is 352 g/mol. The molecule has 0 bridgehead atoms. The summed E-state index contributed by atoms with van der Waals surface area (Å²) >= 11 is 0. The van der Waals surface area contributed by atoms with Crippen molar-refractivity contribution in [1.29, 1.82) is 0 Å². The molecule has 0 spiro atoms. The molecule has 8 nitrogen and oxygen atoms in total. The first-order valence-corrected chi connectivity index (χ1v) is 8.64. The smallest absolute Gasteiger partial charge is 0.257 e. The van der Waals surface area contributed by atoms with E-state index in [9.17, 15) is 4.79 Å². The standard InChI is InChI=1S/C18H20N6O2/c1-13-20-9-15(10-21-13)18(25)23-6-7-26-12-14(11-23)8-16-2-3-17-19-4-5-24(17)22-16/h2-5,9-10,14H,6-8,11-12H2,1H3. The Balaban J connectivity index is 1.48. The molecule has 1 aliphatic heterocycles. The van der Waals surface area contributed by atoms with Gasteiger partial charge in [0.15, 0.2) is 5.65 Å². The van der Waals surface area contributed by atoms with Gasteiger partial charge in [0, 0.05) is 43.8 Å². The molecule has 1 fully saturated rings. The lowest BCUT2D eigenvalue weighted by molar-refractivity contribution is 0.0736. The Morgan fingerprint density at radius 1 is 1.27 bits per heavy atom. The summed E-state index contributed by atoms with van der Waals surface area (Å²) in [7, 11) is 0. The van der Waals surface area contributed by atoms with Crippen LogP contribution in [0.15, 0.2) is 36.9 Å². The van der Waals surface area contributed by atoms with Gasteiger partial charge in [-0.2, -0.15) is 5.10 Å². The van der Waals surface area contributed by atoms with Crippen LogP contribution in [-0.2, 0) is 11.2 Å². The van der Waals surface area contributed by atoms with E-state index in [4.69, 9.17) is 4.74 Å². The fraction of sp³-hybridized carbons (Fsp3) is 0.389. The van der Waals surface area contributed by atoms with Gasteiger partial charge in [0.2, 0.25) is 0 Å². The zero-order chi connectivity index (χ0) is 17.9. The number of amides is 1. The average molecular weight is 352 g/mol. The lowest BCUT2D eigenvalue weighted by Crippen LogP contribution is -2.36. The van der Waals surface area contributed by atoms with Gasteiger partial charge in [0.25, 0.3) is 5.91 Å². The van der Waals surface area contributed by atoms with Crippen LogP contribution in [0.25, 0.3) is 5.65 Å². The maximum absolute atomic E-state index is 12.8. The maximum Gasteiger partial charge on any atom is 0.257 e. The fourth-order valence-electron chi connectivity index (χ4n) is 3.13. The van der Waals surface area contributed by atoms with Crippen LogP contribution >= 0.6 is 0 Å². The third kappa shape index (κ3) is 3.55. The Morgan fingerprint density at radius 3 is 2.96 bits per heavy atom. The summed E-state index contributed by atoms with van der Waals surface area (Å²) in [4.78, 5) is 27.0. The fourth-order valence-corrected chi connectivity index (χ4v) is 3.13. The Kier molecular flexibility index (Phi) is 4.57. The third-order valence-corrected chi connectivity index (χ3v) is 4.46. The van der Waals surface area contributed by atoms with E-state index in [1.54, 1.807) is 30.0 Å². The van der Waals surface area contributed by atoms with Crippen molar-refractivity contribution < 1.29 is 9.53 Å². The van der Waals surface area contributed by atoms with Crippen LogP contribution in [0.5, 0.6) is 0 Å². The molecule has 0 aromatic carbocycles. The number of rotatable bonds is 3. The summed E-state index contributed by atoms with van der Waals surface area (Å²) in [6.07, 6.45) is 7.46. The minimum absolute atomic E-state index is 0.0569. The van der Waals surface area contributed by atoms with E-state index >= 15 is 0 Å². The predicted molar refractivity (Wildman–Crippen MR) is 93.7 cm³/mol. The van der Waals surface area contributed by atoms with Crippen LogP contribution in [0, 0.1) is 12.8 Å². The second-order valence-corrected chi connectivity index (χ2v) is 6.47. The van der Waals surface area contributed by atoms with Crippen molar-refractivity contribution in [1.82, 2.24) is 29.5 Å². The van der Waals surface area contributed by atoms with E-state index in [-0.39, 0.29) is 11.8 Å². The molecule has 1 saturated heterocycles. The van der Waals surface area contributed by atoms with Crippen LogP contribution in [0.3, 0.4) is 0 Å². The highest BCUT2D eigenvalue weighted by Gasteiger charge is 2.24.